The minimum Gasteiger partial charge on any atom is -0.444 e. The highest BCUT2D eigenvalue weighted by Crippen LogP contribution is 2.43. The monoisotopic (exact) mass is 512 g/mol. The first-order valence-electron chi connectivity index (χ1n) is 12.5. The Morgan fingerprint density at radius 1 is 1.11 bits per heavy atom. The van der Waals surface area contributed by atoms with Crippen LogP contribution in [0.3, 0.4) is 0 Å². The summed E-state index contributed by atoms with van der Waals surface area (Å²) in [5, 5.41) is 0. The largest absolute Gasteiger partial charge is 0.444 e. The number of rotatable bonds is 2. The van der Waals surface area contributed by atoms with Crippen LogP contribution in [-0.4, -0.2) is 54.2 Å². The number of fused-ring (bicyclic) bond motifs is 2. The van der Waals surface area contributed by atoms with E-state index in [1.807, 2.05) is 20.8 Å². The van der Waals surface area contributed by atoms with E-state index in [0.717, 1.165) is 0 Å². The summed E-state index contributed by atoms with van der Waals surface area (Å²) in [4.78, 5) is 45.4. The molecule has 3 aromatic heterocycles. The van der Waals surface area contributed by atoms with Crippen molar-refractivity contribution >= 4 is 17.3 Å². The summed E-state index contributed by atoms with van der Waals surface area (Å²) in [6, 6.07) is 1.01. The molecule has 4 heterocycles. The van der Waals surface area contributed by atoms with Crippen molar-refractivity contribution in [2.45, 2.75) is 76.9 Å². The molecule has 0 radical (unpaired) electrons. The van der Waals surface area contributed by atoms with Crippen LogP contribution in [0.4, 0.5) is 13.6 Å². The molecular formula is C26H30F2N6O3. The van der Waals surface area contributed by atoms with Gasteiger partial charge in [-0.15, -0.1) is 0 Å². The normalized spacial score (nSPS) is 20.1. The van der Waals surface area contributed by atoms with E-state index in [0.29, 0.717) is 48.4 Å². The topological polar surface area (TPSA) is 103 Å². The van der Waals surface area contributed by atoms with Crippen molar-refractivity contribution in [1.29, 1.82) is 0 Å². The van der Waals surface area contributed by atoms with E-state index in [-0.39, 0.29) is 29.7 Å². The zero-order valence-corrected chi connectivity index (χ0v) is 21.4. The fraction of sp³-hybridized carbons (Fsp3) is 0.538. The molecule has 5 rings (SSSR count). The van der Waals surface area contributed by atoms with Gasteiger partial charge >= 0.3 is 6.09 Å². The van der Waals surface area contributed by atoms with Crippen molar-refractivity contribution < 1.29 is 18.3 Å². The molecular weight excluding hydrogens is 482 g/mol. The van der Waals surface area contributed by atoms with Gasteiger partial charge in [0.1, 0.15) is 16.8 Å². The number of aryl methyl sites for hydroxylation is 1. The molecule has 1 aliphatic heterocycles. The fourth-order valence-electron chi connectivity index (χ4n) is 5.18. The van der Waals surface area contributed by atoms with Gasteiger partial charge in [-0.05, 0) is 58.9 Å². The van der Waals surface area contributed by atoms with Crippen molar-refractivity contribution in [1.82, 2.24) is 29.4 Å². The van der Waals surface area contributed by atoms with Crippen LogP contribution >= 0.6 is 0 Å². The number of hydrogen-bond donors (Lipinski definition) is 0. The quantitative estimate of drug-likeness (QED) is 0.499. The van der Waals surface area contributed by atoms with Crippen molar-refractivity contribution in [3.8, 4) is 0 Å². The second-order valence-electron chi connectivity index (χ2n) is 10.8. The number of piperidine rings is 1. The summed E-state index contributed by atoms with van der Waals surface area (Å²) in [5.74, 6) is -3.25. The molecule has 1 aliphatic carbocycles. The van der Waals surface area contributed by atoms with Gasteiger partial charge in [0.05, 0.1) is 17.4 Å². The summed E-state index contributed by atoms with van der Waals surface area (Å²) in [5.41, 5.74) is 0.800. The minimum absolute atomic E-state index is 0.0177. The van der Waals surface area contributed by atoms with Crippen molar-refractivity contribution in [3.63, 3.8) is 0 Å². The van der Waals surface area contributed by atoms with Gasteiger partial charge in [0.15, 0.2) is 5.65 Å². The van der Waals surface area contributed by atoms with E-state index in [9.17, 15) is 18.4 Å². The molecule has 0 N–H and O–H groups in total. The molecule has 3 aromatic rings. The third-order valence-electron chi connectivity index (χ3n) is 6.91. The van der Waals surface area contributed by atoms with E-state index in [2.05, 4.69) is 19.9 Å². The fourth-order valence-corrected chi connectivity index (χ4v) is 5.18. The lowest BCUT2D eigenvalue weighted by Crippen LogP contribution is -2.42. The third kappa shape index (κ3) is 4.78. The van der Waals surface area contributed by atoms with Crippen LogP contribution in [0.5, 0.6) is 0 Å². The van der Waals surface area contributed by atoms with Gasteiger partial charge in [-0.25, -0.2) is 9.78 Å². The van der Waals surface area contributed by atoms with Crippen molar-refractivity contribution in [3.05, 3.63) is 57.7 Å². The van der Waals surface area contributed by atoms with Crippen LogP contribution in [0, 0.1) is 6.92 Å². The molecule has 2 aliphatic rings. The van der Waals surface area contributed by atoms with E-state index in [1.165, 1.54) is 17.0 Å². The highest BCUT2D eigenvalue weighted by Gasteiger charge is 2.44. The van der Waals surface area contributed by atoms with Gasteiger partial charge in [-0.3, -0.25) is 24.3 Å². The zero-order valence-electron chi connectivity index (χ0n) is 21.4. The van der Waals surface area contributed by atoms with Crippen LogP contribution in [0.1, 0.15) is 81.1 Å². The number of nitrogens with zero attached hydrogens (tertiary/aromatic N) is 6. The predicted octanol–water partition coefficient (Wildman–Crippen LogP) is 4.48. The number of carbonyl (C=O) groups is 1. The van der Waals surface area contributed by atoms with Crippen molar-refractivity contribution in [2.75, 3.05) is 13.1 Å². The summed E-state index contributed by atoms with van der Waals surface area (Å²) >= 11 is 0. The average molecular weight is 513 g/mol. The summed E-state index contributed by atoms with van der Waals surface area (Å²) < 4.78 is 36.3. The van der Waals surface area contributed by atoms with Crippen LogP contribution in [0.2, 0.25) is 0 Å². The highest BCUT2D eigenvalue weighted by molar-refractivity contribution is 5.72. The standard InChI is InChI=1S/C26H30F2N6O3/c1-15-14-31-18-13-17(16-6-11-33(12-7-16)24(36)37-25(2,3)4)23(35)34(22(18)32-15)19-5-8-26(27,28)21-20(19)29-9-10-30-21/h9-10,13-14,16,19H,5-8,11-12H2,1-4H3. The van der Waals surface area contributed by atoms with Gasteiger partial charge < -0.3 is 9.64 Å². The lowest BCUT2D eigenvalue weighted by atomic mass is 9.88. The summed E-state index contributed by atoms with van der Waals surface area (Å²) in [6.45, 7) is 8.12. The maximum absolute atomic E-state index is 14.7. The average Bonchev–Trinajstić information content (AvgIpc) is 2.84. The maximum atomic E-state index is 14.7. The summed E-state index contributed by atoms with van der Waals surface area (Å²) in [6.07, 6.45) is 4.56. The number of hydrogen-bond acceptors (Lipinski definition) is 7. The smallest absolute Gasteiger partial charge is 0.410 e. The predicted molar refractivity (Wildman–Crippen MR) is 132 cm³/mol. The van der Waals surface area contributed by atoms with Crippen LogP contribution in [0.25, 0.3) is 11.2 Å². The molecule has 196 valence electrons. The second kappa shape index (κ2) is 9.11. The van der Waals surface area contributed by atoms with Gasteiger partial charge in [0.25, 0.3) is 11.5 Å². The first-order chi connectivity index (χ1) is 17.4. The van der Waals surface area contributed by atoms with Crippen LogP contribution in [0.15, 0.2) is 29.5 Å². The number of halogens is 2. The number of aromatic nitrogens is 5. The Kier molecular flexibility index (Phi) is 6.19. The number of ether oxygens (including phenoxy) is 1. The number of alkyl halides is 2. The van der Waals surface area contributed by atoms with Gasteiger partial charge in [-0.2, -0.15) is 8.78 Å². The van der Waals surface area contributed by atoms with Gasteiger partial charge in [0, 0.05) is 43.7 Å². The molecule has 0 spiro atoms. The highest BCUT2D eigenvalue weighted by atomic mass is 19.3. The Hall–Kier alpha value is -3.50. The SMILES string of the molecule is Cc1cnc2cc(C3CCN(C(=O)OC(C)(C)C)CC3)c(=O)n(C3CCC(F)(F)c4nccnc43)c2n1. The molecule has 1 unspecified atom stereocenters. The molecule has 1 fully saturated rings. The number of carbonyl (C=O) groups excluding carboxylic acids is 1. The molecule has 37 heavy (non-hydrogen) atoms. The Bertz CT molecular complexity index is 1410. The summed E-state index contributed by atoms with van der Waals surface area (Å²) in [7, 11) is 0. The lowest BCUT2D eigenvalue weighted by Gasteiger charge is -2.34. The Morgan fingerprint density at radius 3 is 2.51 bits per heavy atom. The van der Waals surface area contributed by atoms with E-state index >= 15 is 0 Å². The Balaban J connectivity index is 1.55. The Morgan fingerprint density at radius 2 is 1.81 bits per heavy atom. The molecule has 0 aromatic carbocycles. The van der Waals surface area contributed by atoms with Gasteiger partial charge in [-0.1, -0.05) is 0 Å². The van der Waals surface area contributed by atoms with E-state index in [1.54, 1.807) is 24.1 Å². The number of likely N-dealkylation sites (tertiary alicyclic amines) is 1. The molecule has 11 heteroatoms. The molecule has 0 bridgehead atoms. The van der Waals surface area contributed by atoms with E-state index < -0.39 is 29.7 Å². The first kappa shape index (κ1) is 25.2. The van der Waals surface area contributed by atoms with Crippen LogP contribution < -0.4 is 5.56 Å². The molecule has 1 atom stereocenters. The lowest BCUT2D eigenvalue weighted by molar-refractivity contribution is -0.0321. The molecule has 0 saturated carbocycles. The number of pyridine rings is 1. The maximum Gasteiger partial charge on any atom is 0.410 e. The third-order valence-corrected chi connectivity index (χ3v) is 6.91. The van der Waals surface area contributed by atoms with Crippen molar-refractivity contribution in [2.24, 2.45) is 0 Å². The minimum atomic E-state index is -3.12. The van der Waals surface area contributed by atoms with Crippen LogP contribution in [-0.2, 0) is 10.7 Å². The molecule has 9 nitrogen and oxygen atoms in total. The number of amides is 1. The second-order valence-corrected chi connectivity index (χ2v) is 10.8. The first-order valence-corrected chi connectivity index (χ1v) is 12.5. The molecule has 1 saturated heterocycles. The Labute approximate surface area is 212 Å². The molecule has 1 amide bonds. The van der Waals surface area contributed by atoms with Gasteiger partial charge in [0.2, 0.25) is 0 Å². The van der Waals surface area contributed by atoms with E-state index in [4.69, 9.17) is 4.74 Å². The zero-order chi connectivity index (χ0) is 26.5.